The number of anilines is 1. The molecule has 2 heterocycles. The highest BCUT2D eigenvalue weighted by Gasteiger charge is 2.22. The average Bonchev–Trinajstić information content (AvgIpc) is 3.04. The second kappa shape index (κ2) is 6.89. The third-order valence-corrected chi connectivity index (χ3v) is 3.95. The molecule has 1 atom stereocenters. The molecule has 1 aliphatic heterocycles. The number of nitrogens with zero attached hydrogens (tertiary/aromatic N) is 1. The van der Waals surface area contributed by atoms with Gasteiger partial charge in [0, 0.05) is 17.1 Å². The van der Waals surface area contributed by atoms with Crippen LogP contribution >= 0.6 is 15.9 Å². The predicted octanol–water partition coefficient (Wildman–Crippen LogP) is 3.18. The van der Waals surface area contributed by atoms with Gasteiger partial charge in [-0.05, 0) is 37.2 Å². The van der Waals surface area contributed by atoms with Crippen molar-refractivity contribution in [2.75, 3.05) is 18.4 Å². The molecule has 114 valence electrons. The van der Waals surface area contributed by atoms with E-state index in [1.54, 1.807) is 18.3 Å². The maximum atomic E-state index is 12.0. The van der Waals surface area contributed by atoms with Crippen LogP contribution in [0.25, 0.3) is 0 Å². The van der Waals surface area contributed by atoms with E-state index in [-0.39, 0.29) is 11.8 Å². The first-order valence-corrected chi connectivity index (χ1v) is 7.91. The Hall–Kier alpha value is -1.92. The monoisotopic (exact) mass is 361 g/mol. The second-order valence-corrected chi connectivity index (χ2v) is 6.04. The van der Waals surface area contributed by atoms with Crippen LogP contribution in [0.15, 0.2) is 47.1 Å². The Morgan fingerprint density at radius 1 is 1.36 bits per heavy atom. The molecule has 0 saturated carbocycles. The van der Waals surface area contributed by atoms with E-state index in [0.29, 0.717) is 17.3 Å². The summed E-state index contributed by atoms with van der Waals surface area (Å²) in [7, 11) is 0. The molecule has 1 saturated heterocycles. The molecule has 6 heteroatoms. The third-order valence-electron chi connectivity index (χ3n) is 3.45. The number of carbonyl (C=O) groups excluding carboxylic acids is 1. The summed E-state index contributed by atoms with van der Waals surface area (Å²) < 4.78 is 6.60. The van der Waals surface area contributed by atoms with E-state index < -0.39 is 0 Å². The molecular formula is C16H16BrN3O2. The molecule has 1 fully saturated rings. The van der Waals surface area contributed by atoms with Gasteiger partial charge in [-0.25, -0.2) is 4.98 Å². The smallest absolute Gasteiger partial charge is 0.228 e. The Morgan fingerprint density at radius 2 is 2.27 bits per heavy atom. The SMILES string of the molecule is O=C(Nc1ccc(Oc2cccc(Br)c2)nc1)C1CCNC1. The molecule has 2 aromatic rings. The van der Waals surface area contributed by atoms with Crippen LogP contribution in [0.3, 0.4) is 0 Å². The van der Waals surface area contributed by atoms with Crippen LogP contribution in [0.4, 0.5) is 5.69 Å². The number of benzene rings is 1. The van der Waals surface area contributed by atoms with Gasteiger partial charge in [-0.2, -0.15) is 0 Å². The maximum absolute atomic E-state index is 12.0. The minimum atomic E-state index is 0.0347. The highest BCUT2D eigenvalue weighted by Crippen LogP contribution is 2.23. The number of carbonyl (C=O) groups is 1. The van der Waals surface area contributed by atoms with E-state index in [1.165, 1.54) is 0 Å². The van der Waals surface area contributed by atoms with Gasteiger partial charge in [-0.15, -0.1) is 0 Å². The minimum absolute atomic E-state index is 0.0347. The van der Waals surface area contributed by atoms with Gasteiger partial charge in [0.25, 0.3) is 0 Å². The van der Waals surface area contributed by atoms with Crippen molar-refractivity contribution in [3.8, 4) is 11.6 Å². The van der Waals surface area contributed by atoms with Gasteiger partial charge < -0.3 is 15.4 Å². The minimum Gasteiger partial charge on any atom is -0.439 e. The molecule has 1 aliphatic rings. The molecular weight excluding hydrogens is 346 g/mol. The van der Waals surface area contributed by atoms with E-state index in [9.17, 15) is 4.79 Å². The number of pyridine rings is 1. The van der Waals surface area contributed by atoms with Crippen molar-refractivity contribution in [2.24, 2.45) is 5.92 Å². The number of rotatable bonds is 4. The van der Waals surface area contributed by atoms with Crippen molar-refractivity contribution in [3.63, 3.8) is 0 Å². The summed E-state index contributed by atoms with van der Waals surface area (Å²) in [6.45, 7) is 1.64. The fourth-order valence-electron chi connectivity index (χ4n) is 2.29. The van der Waals surface area contributed by atoms with Crippen LogP contribution < -0.4 is 15.4 Å². The normalized spacial score (nSPS) is 17.2. The van der Waals surface area contributed by atoms with Crippen molar-refractivity contribution in [1.29, 1.82) is 0 Å². The highest BCUT2D eigenvalue weighted by molar-refractivity contribution is 9.10. The quantitative estimate of drug-likeness (QED) is 0.877. The number of hydrogen-bond donors (Lipinski definition) is 2. The van der Waals surface area contributed by atoms with Gasteiger partial charge in [0.1, 0.15) is 5.75 Å². The van der Waals surface area contributed by atoms with Crippen LogP contribution in [0.2, 0.25) is 0 Å². The van der Waals surface area contributed by atoms with Gasteiger partial charge in [-0.1, -0.05) is 22.0 Å². The summed E-state index contributed by atoms with van der Waals surface area (Å²) in [5.74, 6) is 1.26. The van der Waals surface area contributed by atoms with E-state index in [1.807, 2.05) is 24.3 Å². The predicted molar refractivity (Wildman–Crippen MR) is 88.1 cm³/mol. The fourth-order valence-corrected chi connectivity index (χ4v) is 2.67. The second-order valence-electron chi connectivity index (χ2n) is 5.12. The fraction of sp³-hybridized carbons (Fsp3) is 0.250. The van der Waals surface area contributed by atoms with Crippen molar-refractivity contribution in [2.45, 2.75) is 6.42 Å². The Kier molecular flexibility index (Phi) is 4.70. The van der Waals surface area contributed by atoms with E-state index >= 15 is 0 Å². The highest BCUT2D eigenvalue weighted by atomic mass is 79.9. The van der Waals surface area contributed by atoms with Crippen molar-refractivity contribution < 1.29 is 9.53 Å². The lowest BCUT2D eigenvalue weighted by molar-refractivity contribution is -0.119. The number of halogens is 1. The molecule has 3 rings (SSSR count). The van der Waals surface area contributed by atoms with E-state index in [2.05, 4.69) is 31.5 Å². The Balaban J connectivity index is 1.61. The first kappa shape index (κ1) is 15.0. The molecule has 0 aliphatic carbocycles. The molecule has 2 N–H and O–H groups in total. The van der Waals surface area contributed by atoms with Gasteiger partial charge in [-0.3, -0.25) is 4.79 Å². The van der Waals surface area contributed by atoms with Gasteiger partial charge in [0.2, 0.25) is 11.8 Å². The molecule has 0 spiro atoms. The first-order valence-electron chi connectivity index (χ1n) is 7.12. The van der Waals surface area contributed by atoms with Gasteiger partial charge in [0.05, 0.1) is 17.8 Å². The lowest BCUT2D eigenvalue weighted by Crippen LogP contribution is -2.24. The van der Waals surface area contributed by atoms with Crippen LogP contribution in [0, 0.1) is 5.92 Å². The molecule has 0 radical (unpaired) electrons. The molecule has 5 nitrogen and oxygen atoms in total. The Bertz CT molecular complexity index is 655. The van der Waals surface area contributed by atoms with Crippen molar-refractivity contribution in [1.82, 2.24) is 10.3 Å². The van der Waals surface area contributed by atoms with Crippen LogP contribution in [-0.2, 0) is 4.79 Å². The summed E-state index contributed by atoms with van der Waals surface area (Å²) in [6, 6.07) is 11.1. The van der Waals surface area contributed by atoms with Crippen molar-refractivity contribution >= 4 is 27.5 Å². The standard InChI is InChI=1S/C16H16BrN3O2/c17-12-2-1-3-14(8-12)22-15-5-4-13(10-19-15)20-16(21)11-6-7-18-9-11/h1-5,8,10-11,18H,6-7,9H2,(H,20,21). The maximum Gasteiger partial charge on any atom is 0.228 e. The number of amides is 1. The van der Waals surface area contributed by atoms with Gasteiger partial charge in [0.15, 0.2) is 0 Å². The van der Waals surface area contributed by atoms with Gasteiger partial charge >= 0.3 is 0 Å². The lowest BCUT2D eigenvalue weighted by Gasteiger charge is -2.10. The van der Waals surface area contributed by atoms with Crippen LogP contribution in [0.5, 0.6) is 11.6 Å². The Morgan fingerprint density at radius 3 is 2.95 bits per heavy atom. The first-order chi connectivity index (χ1) is 10.7. The van der Waals surface area contributed by atoms with Crippen LogP contribution in [0.1, 0.15) is 6.42 Å². The topological polar surface area (TPSA) is 63.2 Å². The average molecular weight is 362 g/mol. The third kappa shape index (κ3) is 3.84. The van der Waals surface area contributed by atoms with E-state index in [0.717, 1.165) is 24.0 Å². The molecule has 1 amide bonds. The summed E-state index contributed by atoms with van der Waals surface area (Å²) in [6.07, 6.45) is 2.48. The summed E-state index contributed by atoms with van der Waals surface area (Å²) >= 11 is 3.39. The largest absolute Gasteiger partial charge is 0.439 e. The summed E-state index contributed by atoms with van der Waals surface area (Å²) in [5, 5.41) is 6.06. The van der Waals surface area contributed by atoms with E-state index in [4.69, 9.17) is 4.74 Å². The number of hydrogen-bond acceptors (Lipinski definition) is 4. The zero-order chi connectivity index (χ0) is 15.4. The number of aromatic nitrogens is 1. The Labute approximate surface area is 137 Å². The molecule has 1 aromatic heterocycles. The molecule has 0 bridgehead atoms. The lowest BCUT2D eigenvalue weighted by atomic mass is 10.1. The zero-order valence-electron chi connectivity index (χ0n) is 11.9. The summed E-state index contributed by atoms with van der Waals surface area (Å²) in [4.78, 5) is 16.2. The number of ether oxygens (including phenoxy) is 1. The number of nitrogens with one attached hydrogen (secondary N) is 2. The van der Waals surface area contributed by atoms with Crippen molar-refractivity contribution in [3.05, 3.63) is 47.1 Å². The zero-order valence-corrected chi connectivity index (χ0v) is 13.5. The molecule has 22 heavy (non-hydrogen) atoms. The summed E-state index contributed by atoms with van der Waals surface area (Å²) in [5.41, 5.74) is 0.679. The van der Waals surface area contributed by atoms with Crippen LogP contribution in [-0.4, -0.2) is 24.0 Å². The molecule has 1 aromatic carbocycles. The molecule has 1 unspecified atom stereocenters.